The van der Waals surface area contributed by atoms with Crippen LogP contribution in [0.5, 0.6) is 0 Å². The molecule has 0 bridgehead atoms. The van der Waals surface area contributed by atoms with Crippen LogP contribution in [0.25, 0.3) is 0 Å². The quantitative estimate of drug-likeness (QED) is 0.936. The number of carbonyl (C=O) groups is 2. The maximum absolute atomic E-state index is 13.1. The minimum absolute atomic E-state index is 0.222. The van der Waals surface area contributed by atoms with Crippen molar-refractivity contribution < 1.29 is 14.7 Å². The Kier molecular flexibility index (Phi) is 4.38. The van der Waals surface area contributed by atoms with E-state index in [-0.39, 0.29) is 11.9 Å². The molecule has 6 nitrogen and oxygen atoms in total. The normalized spacial score (nSPS) is 20.3. The molecule has 0 saturated carbocycles. The van der Waals surface area contributed by atoms with Crippen LogP contribution in [0.1, 0.15) is 47.6 Å². The monoisotopic (exact) mass is 327 g/mol. The van der Waals surface area contributed by atoms with Crippen molar-refractivity contribution in [3.63, 3.8) is 0 Å². The van der Waals surface area contributed by atoms with E-state index in [0.29, 0.717) is 18.5 Å². The summed E-state index contributed by atoms with van der Waals surface area (Å²) in [5.74, 6) is -1.23. The molecule has 1 aromatic heterocycles. The minimum Gasteiger partial charge on any atom is -0.480 e. The summed E-state index contributed by atoms with van der Waals surface area (Å²) in [7, 11) is 1.72. The fraction of sp³-hybridized carbons (Fsp3) is 0.389. The molecule has 1 saturated heterocycles. The highest BCUT2D eigenvalue weighted by Gasteiger charge is 2.42. The van der Waals surface area contributed by atoms with Gasteiger partial charge in [-0.15, -0.1) is 0 Å². The van der Waals surface area contributed by atoms with Gasteiger partial charge in [0, 0.05) is 7.05 Å². The average molecular weight is 327 g/mol. The van der Waals surface area contributed by atoms with Crippen LogP contribution < -0.4 is 0 Å². The second-order valence-corrected chi connectivity index (χ2v) is 6.07. The van der Waals surface area contributed by atoms with Gasteiger partial charge in [-0.2, -0.15) is 5.10 Å². The Morgan fingerprint density at radius 1 is 1.25 bits per heavy atom. The van der Waals surface area contributed by atoms with E-state index in [0.717, 1.165) is 17.7 Å². The number of benzene rings is 1. The predicted octanol–water partition coefficient (Wildman–Crippen LogP) is 2.41. The largest absolute Gasteiger partial charge is 0.480 e. The van der Waals surface area contributed by atoms with Crippen molar-refractivity contribution in [2.24, 2.45) is 7.05 Å². The highest BCUT2D eigenvalue weighted by Crippen LogP contribution is 2.37. The Balaban J connectivity index is 1.99. The van der Waals surface area contributed by atoms with Gasteiger partial charge >= 0.3 is 5.97 Å². The van der Waals surface area contributed by atoms with Crippen molar-refractivity contribution in [3.05, 3.63) is 53.3 Å². The SMILES string of the molecule is CCc1cc(C(=O)N2C(C(=O)O)CC[C@H]2c2ccccc2)n(C)n1. The molecule has 2 atom stereocenters. The first-order valence-corrected chi connectivity index (χ1v) is 8.16. The summed E-state index contributed by atoms with van der Waals surface area (Å²) in [6.45, 7) is 1.97. The average Bonchev–Trinajstić information content (AvgIpc) is 3.18. The van der Waals surface area contributed by atoms with Crippen molar-refractivity contribution >= 4 is 11.9 Å². The molecule has 0 aliphatic carbocycles. The standard InChI is InChI=1S/C18H21N3O3/c1-3-13-11-16(20(2)19-13)17(22)21-14(9-10-15(21)18(23)24)12-7-5-4-6-8-12/h4-8,11,14-15H,3,9-10H2,1-2H3,(H,23,24)/t14-,15?/m0/s1. The number of likely N-dealkylation sites (tertiary alicyclic amines) is 1. The molecule has 0 spiro atoms. The van der Waals surface area contributed by atoms with Crippen molar-refractivity contribution in [1.29, 1.82) is 0 Å². The third kappa shape index (κ3) is 2.79. The molecule has 1 unspecified atom stereocenters. The molecule has 1 aliphatic heterocycles. The molecule has 2 aromatic rings. The Hall–Kier alpha value is -2.63. The third-order valence-electron chi connectivity index (χ3n) is 4.60. The maximum atomic E-state index is 13.1. The zero-order chi connectivity index (χ0) is 17.3. The smallest absolute Gasteiger partial charge is 0.326 e. The molecule has 6 heteroatoms. The van der Waals surface area contributed by atoms with E-state index in [4.69, 9.17) is 0 Å². The number of aromatic nitrogens is 2. The zero-order valence-electron chi connectivity index (χ0n) is 13.8. The number of nitrogens with zero attached hydrogens (tertiary/aromatic N) is 3. The summed E-state index contributed by atoms with van der Waals surface area (Å²) in [5, 5.41) is 13.9. The molecule has 3 rings (SSSR count). The molecule has 0 radical (unpaired) electrons. The van der Waals surface area contributed by atoms with E-state index in [2.05, 4.69) is 5.10 Å². The van der Waals surface area contributed by atoms with Gasteiger partial charge in [0.15, 0.2) is 0 Å². The van der Waals surface area contributed by atoms with Gasteiger partial charge in [-0.25, -0.2) is 4.79 Å². The first-order valence-electron chi connectivity index (χ1n) is 8.16. The van der Waals surface area contributed by atoms with E-state index in [1.54, 1.807) is 17.8 Å². The summed E-state index contributed by atoms with van der Waals surface area (Å²) in [6, 6.07) is 10.3. The van der Waals surface area contributed by atoms with Gasteiger partial charge in [0.1, 0.15) is 11.7 Å². The molecule has 126 valence electrons. The molecule has 1 N–H and O–H groups in total. The Morgan fingerprint density at radius 2 is 1.96 bits per heavy atom. The van der Waals surface area contributed by atoms with Crippen LogP contribution >= 0.6 is 0 Å². The summed E-state index contributed by atoms with van der Waals surface area (Å²) < 4.78 is 1.54. The zero-order valence-corrected chi connectivity index (χ0v) is 13.8. The number of aliphatic carboxylic acids is 1. The summed E-state index contributed by atoms with van der Waals surface area (Å²) >= 11 is 0. The molecule has 2 heterocycles. The molecular formula is C18H21N3O3. The number of carboxylic acids is 1. The molecule has 1 amide bonds. The van der Waals surface area contributed by atoms with Crippen LogP contribution in [0.4, 0.5) is 0 Å². The lowest BCUT2D eigenvalue weighted by Crippen LogP contribution is -2.42. The van der Waals surface area contributed by atoms with Gasteiger partial charge in [-0.1, -0.05) is 37.3 Å². The molecule has 24 heavy (non-hydrogen) atoms. The van der Waals surface area contributed by atoms with Crippen LogP contribution in [0.15, 0.2) is 36.4 Å². The Bertz CT molecular complexity index is 754. The molecule has 1 aromatic carbocycles. The first-order chi connectivity index (χ1) is 11.5. The van der Waals surface area contributed by atoms with E-state index in [1.165, 1.54) is 4.90 Å². The van der Waals surface area contributed by atoms with Crippen LogP contribution in [-0.2, 0) is 18.3 Å². The van der Waals surface area contributed by atoms with Crippen molar-refractivity contribution in [2.45, 2.75) is 38.3 Å². The van der Waals surface area contributed by atoms with Crippen molar-refractivity contribution in [3.8, 4) is 0 Å². The maximum Gasteiger partial charge on any atom is 0.326 e. The number of hydrogen-bond donors (Lipinski definition) is 1. The third-order valence-corrected chi connectivity index (χ3v) is 4.60. The minimum atomic E-state index is -0.959. The van der Waals surface area contributed by atoms with E-state index < -0.39 is 12.0 Å². The summed E-state index contributed by atoms with van der Waals surface area (Å²) in [6.07, 6.45) is 1.83. The van der Waals surface area contributed by atoms with Crippen LogP contribution in [0, 0.1) is 0 Å². The second kappa shape index (κ2) is 6.47. The highest BCUT2D eigenvalue weighted by atomic mass is 16.4. The van der Waals surface area contributed by atoms with Gasteiger partial charge < -0.3 is 10.0 Å². The lowest BCUT2D eigenvalue weighted by atomic mass is 10.0. The lowest BCUT2D eigenvalue weighted by molar-refractivity contribution is -0.141. The van der Waals surface area contributed by atoms with Crippen LogP contribution in [0.3, 0.4) is 0 Å². The van der Waals surface area contributed by atoms with Gasteiger partial charge in [-0.3, -0.25) is 9.48 Å². The number of hydrogen-bond acceptors (Lipinski definition) is 3. The Labute approximate surface area is 140 Å². The summed E-state index contributed by atoms with van der Waals surface area (Å²) in [5.41, 5.74) is 2.22. The highest BCUT2D eigenvalue weighted by molar-refractivity contribution is 5.96. The predicted molar refractivity (Wildman–Crippen MR) is 88.6 cm³/mol. The topological polar surface area (TPSA) is 75.4 Å². The number of carbonyl (C=O) groups excluding carboxylic acids is 1. The van der Waals surface area contributed by atoms with E-state index in [1.807, 2.05) is 37.3 Å². The number of rotatable bonds is 4. The van der Waals surface area contributed by atoms with E-state index >= 15 is 0 Å². The number of carboxylic acid groups (broad SMARTS) is 1. The van der Waals surface area contributed by atoms with E-state index in [9.17, 15) is 14.7 Å². The first kappa shape index (κ1) is 16.2. The molecule has 1 fully saturated rings. The van der Waals surface area contributed by atoms with Gasteiger partial charge in [-0.05, 0) is 30.9 Å². The number of amides is 1. The summed E-state index contributed by atoms with van der Waals surface area (Å²) in [4.78, 5) is 26.3. The lowest BCUT2D eigenvalue weighted by Gasteiger charge is -2.28. The number of aryl methyl sites for hydroxylation is 2. The van der Waals surface area contributed by atoms with Crippen molar-refractivity contribution in [1.82, 2.24) is 14.7 Å². The second-order valence-electron chi connectivity index (χ2n) is 6.07. The van der Waals surface area contributed by atoms with Crippen LogP contribution in [0.2, 0.25) is 0 Å². The fourth-order valence-electron chi connectivity index (χ4n) is 3.37. The van der Waals surface area contributed by atoms with Crippen LogP contribution in [-0.4, -0.2) is 37.7 Å². The van der Waals surface area contributed by atoms with Crippen molar-refractivity contribution in [2.75, 3.05) is 0 Å². The van der Waals surface area contributed by atoms with Gasteiger partial charge in [0.05, 0.1) is 11.7 Å². The van der Waals surface area contributed by atoms with Gasteiger partial charge in [0.25, 0.3) is 5.91 Å². The fourth-order valence-corrected chi connectivity index (χ4v) is 3.37. The van der Waals surface area contributed by atoms with Gasteiger partial charge in [0.2, 0.25) is 0 Å². The Morgan fingerprint density at radius 3 is 2.54 bits per heavy atom. The molecule has 1 aliphatic rings. The molecular weight excluding hydrogens is 306 g/mol.